The number of rotatable bonds is 2. The van der Waals surface area contributed by atoms with Crippen LogP contribution in [0.15, 0.2) is 131 Å². The number of hydrogen-bond acceptors (Lipinski definition) is 2. The fourth-order valence-electron chi connectivity index (χ4n) is 6.34. The second-order valence-corrected chi connectivity index (χ2v) is 11.1. The molecule has 0 radical (unpaired) electrons. The molecule has 0 aliphatic heterocycles. The molecule has 6 aromatic carbocycles. The lowest BCUT2D eigenvalue weighted by Crippen LogP contribution is -1.93. The third-order valence-corrected chi connectivity index (χ3v) is 9.07. The molecule has 0 bridgehead atoms. The number of fused-ring (bicyclic) bond motifs is 8. The van der Waals surface area contributed by atoms with E-state index in [2.05, 4.69) is 125 Å². The van der Waals surface area contributed by atoms with E-state index in [1.165, 1.54) is 70.3 Å². The van der Waals surface area contributed by atoms with Crippen LogP contribution in [0.3, 0.4) is 0 Å². The van der Waals surface area contributed by atoms with Gasteiger partial charge in [-0.2, -0.15) is 0 Å². The highest BCUT2D eigenvalue weighted by Gasteiger charge is 2.18. The van der Waals surface area contributed by atoms with E-state index in [-0.39, 0.29) is 0 Å². The molecule has 3 heteroatoms. The number of aromatic nitrogens is 1. The van der Waals surface area contributed by atoms with Crippen LogP contribution in [0.25, 0.3) is 81.2 Å². The fourth-order valence-corrected chi connectivity index (χ4v) is 7.30. The van der Waals surface area contributed by atoms with Gasteiger partial charge in [0.05, 0.1) is 17.3 Å². The van der Waals surface area contributed by atoms with E-state index in [9.17, 15) is 0 Å². The molecule has 2 nitrogen and oxygen atoms in total. The zero-order valence-electron chi connectivity index (χ0n) is 20.9. The molecule has 0 amide bonds. The van der Waals surface area contributed by atoms with Gasteiger partial charge in [-0.3, -0.25) is 0 Å². The van der Waals surface area contributed by atoms with Crippen molar-refractivity contribution >= 4 is 75.7 Å². The molecule has 9 aromatic rings. The Morgan fingerprint density at radius 1 is 0.513 bits per heavy atom. The van der Waals surface area contributed by atoms with E-state index in [0.29, 0.717) is 0 Å². The van der Waals surface area contributed by atoms with Gasteiger partial charge in [0.2, 0.25) is 0 Å². The molecule has 0 unspecified atom stereocenters. The van der Waals surface area contributed by atoms with Crippen molar-refractivity contribution in [2.24, 2.45) is 0 Å². The number of furan rings is 1. The SMILES string of the molecule is c1ccc(-n2c3ccccc3c3cc4c(cc32)c(-c2csc3ccccc23)cc2cc3occc3cc24)cc1. The van der Waals surface area contributed by atoms with Crippen molar-refractivity contribution in [1.29, 1.82) is 0 Å². The Morgan fingerprint density at radius 2 is 1.33 bits per heavy atom. The highest BCUT2D eigenvalue weighted by Crippen LogP contribution is 2.44. The Morgan fingerprint density at radius 3 is 2.26 bits per heavy atom. The smallest absolute Gasteiger partial charge is 0.134 e. The molecule has 0 atom stereocenters. The predicted molar refractivity (Wildman–Crippen MR) is 166 cm³/mol. The maximum Gasteiger partial charge on any atom is 0.134 e. The summed E-state index contributed by atoms with van der Waals surface area (Å²) in [6.07, 6.45) is 1.78. The van der Waals surface area contributed by atoms with Gasteiger partial charge in [-0.15, -0.1) is 11.3 Å². The van der Waals surface area contributed by atoms with E-state index >= 15 is 0 Å². The van der Waals surface area contributed by atoms with E-state index in [4.69, 9.17) is 4.42 Å². The Labute approximate surface area is 227 Å². The number of benzene rings is 6. The van der Waals surface area contributed by atoms with Gasteiger partial charge in [0.25, 0.3) is 0 Å². The average Bonchev–Trinajstić information content (AvgIpc) is 3.70. The second kappa shape index (κ2) is 7.83. The molecular formula is C36H21NOS. The summed E-state index contributed by atoms with van der Waals surface area (Å²) >= 11 is 1.81. The van der Waals surface area contributed by atoms with Crippen molar-refractivity contribution in [1.82, 2.24) is 4.57 Å². The van der Waals surface area contributed by atoms with E-state index in [0.717, 1.165) is 11.0 Å². The minimum Gasteiger partial charge on any atom is -0.464 e. The fraction of sp³-hybridized carbons (Fsp3) is 0. The third kappa shape index (κ3) is 2.96. The summed E-state index contributed by atoms with van der Waals surface area (Å²) in [7, 11) is 0. The maximum atomic E-state index is 5.82. The van der Waals surface area contributed by atoms with Gasteiger partial charge in [0, 0.05) is 37.5 Å². The highest BCUT2D eigenvalue weighted by molar-refractivity contribution is 7.17. The summed E-state index contributed by atoms with van der Waals surface area (Å²) in [6, 6.07) is 41.9. The number of thiophene rings is 1. The Balaban J connectivity index is 1.51. The molecule has 0 N–H and O–H groups in total. The first-order valence-electron chi connectivity index (χ1n) is 13.2. The van der Waals surface area contributed by atoms with Crippen molar-refractivity contribution in [3.05, 3.63) is 127 Å². The molecule has 0 fully saturated rings. The van der Waals surface area contributed by atoms with Crippen LogP contribution >= 0.6 is 11.3 Å². The zero-order valence-corrected chi connectivity index (χ0v) is 21.7. The van der Waals surface area contributed by atoms with E-state index in [1.54, 1.807) is 6.26 Å². The molecule has 9 rings (SSSR count). The molecule has 39 heavy (non-hydrogen) atoms. The first-order chi connectivity index (χ1) is 19.3. The second-order valence-electron chi connectivity index (χ2n) is 10.2. The van der Waals surface area contributed by atoms with Crippen LogP contribution in [0, 0.1) is 0 Å². The topological polar surface area (TPSA) is 18.1 Å². The molecule has 3 aromatic heterocycles. The van der Waals surface area contributed by atoms with E-state index in [1.807, 2.05) is 11.3 Å². The summed E-state index contributed by atoms with van der Waals surface area (Å²) < 4.78 is 9.53. The molecule has 182 valence electrons. The van der Waals surface area contributed by atoms with E-state index < -0.39 is 0 Å². The quantitative estimate of drug-likeness (QED) is 0.209. The molecule has 0 aliphatic rings. The van der Waals surface area contributed by atoms with Gasteiger partial charge in [0.1, 0.15) is 5.58 Å². The van der Waals surface area contributed by atoms with Crippen molar-refractivity contribution in [2.75, 3.05) is 0 Å². The number of para-hydroxylation sites is 2. The Bertz CT molecular complexity index is 2390. The minimum absolute atomic E-state index is 0.921. The molecule has 0 saturated carbocycles. The lowest BCUT2D eigenvalue weighted by atomic mass is 9.91. The number of hydrogen-bond donors (Lipinski definition) is 0. The van der Waals surface area contributed by atoms with Crippen molar-refractivity contribution < 1.29 is 4.42 Å². The van der Waals surface area contributed by atoms with Crippen LogP contribution in [-0.4, -0.2) is 4.57 Å². The third-order valence-electron chi connectivity index (χ3n) is 8.10. The van der Waals surface area contributed by atoms with Crippen LogP contribution in [-0.2, 0) is 0 Å². The summed E-state index contributed by atoms with van der Waals surface area (Å²) in [5.74, 6) is 0. The maximum absolute atomic E-state index is 5.82. The van der Waals surface area contributed by atoms with Crippen LogP contribution in [0.4, 0.5) is 0 Å². The summed E-state index contributed by atoms with van der Waals surface area (Å²) in [4.78, 5) is 0. The Hall–Kier alpha value is -4.86. The lowest BCUT2D eigenvalue weighted by Gasteiger charge is -2.13. The average molecular weight is 516 g/mol. The van der Waals surface area contributed by atoms with Gasteiger partial charge in [-0.05, 0) is 93.2 Å². The standard InChI is InChI=1S/C36H21NOS/c1-2-8-24(9-3-1)37-33-12-6-4-10-25(33)31-19-29-27-16-22-14-15-38-35(22)18-23(27)17-28(30(29)20-34(31)37)32-21-39-36-13-7-5-11-26(32)36/h1-21H. The summed E-state index contributed by atoms with van der Waals surface area (Å²) in [5.41, 5.74) is 7.07. The van der Waals surface area contributed by atoms with Gasteiger partial charge < -0.3 is 8.98 Å². The molecule has 3 heterocycles. The molecular weight excluding hydrogens is 494 g/mol. The Kier molecular flexibility index (Phi) is 4.24. The molecule has 0 spiro atoms. The normalized spacial score (nSPS) is 12.1. The largest absolute Gasteiger partial charge is 0.464 e. The van der Waals surface area contributed by atoms with Crippen molar-refractivity contribution in [2.45, 2.75) is 0 Å². The van der Waals surface area contributed by atoms with Crippen molar-refractivity contribution in [3.8, 4) is 16.8 Å². The van der Waals surface area contributed by atoms with Crippen molar-refractivity contribution in [3.63, 3.8) is 0 Å². The molecule has 0 aliphatic carbocycles. The monoisotopic (exact) mass is 515 g/mol. The van der Waals surface area contributed by atoms with Gasteiger partial charge in [0.15, 0.2) is 0 Å². The lowest BCUT2D eigenvalue weighted by molar-refractivity contribution is 0.616. The van der Waals surface area contributed by atoms with Gasteiger partial charge in [-0.25, -0.2) is 0 Å². The van der Waals surface area contributed by atoms with Crippen LogP contribution in [0.2, 0.25) is 0 Å². The first kappa shape index (κ1) is 21.1. The minimum atomic E-state index is 0.921. The van der Waals surface area contributed by atoms with Crippen LogP contribution < -0.4 is 0 Å². The van der Waals surface area contributed by atoms with Crippen LogP contribution in [0.5, 0.6) is 0 Å². The zero-order chi connectivity index (χ0) is 25.5. The first-order valence-corrected chi connectivity index (χ1v) is 14.0. The summed E-state index contributed by atoms with van der Waals surface area (Å²) in [5, 5.41) is 12.3. The number of nitrogens with zero attached hydrogens (tertiary/aromatic N) is 1. The molecule has 0 saturated heterocycles. The van der Waals surface area contributed by atoms with Gasteiger partial charge >= 0.3 is 0 Å². The highest BCUT2D eigenvalue weighted by atomic mass is 32.1. The predicted octanol–water partition coefficient (Wildman–Crippen LogP) is 10.7. The van der Waals surface area contributed by atoms with Crippen LogP contribution in [0.1, 0.15) is 0 Å². The van der Waals surface area contributed by atoms with Gasteiger partial charge in [-0.1, -0.05) is 54.6 Å². The summed E-state index contributed by atoms with van der Waals surface area (Å²) in [6.45, 7) is 0.